The van der Waals surface area contributed by atoms with Crippen molar-refractivity contribution in [2.75, 3.05) is 6.54 Å². The van der Waals surface area contributed by atoms with Gasteiger partial charge in [0, 0.05) is 16.0 Å². The number of nitrogens with one attached hydrogen (secondary N) is 1. The van der Waals surface area contributed by atoms with Gasteiger partial charge in [0.1, 0.15) is 5.01 Å². The molecule has 0 fully saturated rings. The number of halogens is 1. The van der Waals surface area contributed by atoms with Crippen molar-refractivity contribution >= 4 is 27.3 Å². The van der Waals surface area contributed by atoms with Crippen LogP contribution in [0.4, 0.5) is 0 Å². The van der Waals surface area contributed by atoms with Gasteiger partial charge in [-0.05, 0) is 24.6 Å². The molecule has 1 heterocycles. The largest absolute Gasteiger partial charge is 0.304 e. The molecule has 0 saturated heterocycles. The molecular weight excluding hydrogens is 296 g/mol. The Balaban J connectivity index is 2.30. The lowest BCUT2D eigenvalue weighted by Crippen LogP contribution is -2.23. The summed E-state index contributed by atoms with van der Waals surface area (Å²) >= 11 is 5.30. The van der Waals surface area contributed by atoms with Crippen LogP contribution in [0.25, 0.3) is 0 Å². The molecular formula is C13H15BrN2S. The number of hydrogen-bond acceptors (Lipinski definition) is 3. The predicted molar refractivity (Wildman–Crippen MR) is 76.4 cm³/mol. The first-order valence-electron chi connectivity index (χ1n) is 5.70. The minimum Gasteiger partial charge on any atom is -0.304 e. The Hall–Kier alpha value is -0.710. The Morgan fingerprint density at radius 1 is 1.41 bits per heavy atom. The monoisotopic (exact) mass is 310 g/mol. The van der Waals surface area contributed by atoms with Gasteiger partial charge < -0.3 is 5.32 Å². The maximum atomic E-state index is 4.42. The highest BCUT2D eigenvalue weighted by Gasteiger charge is 2.17. The molecule has 2 nitrogen and oxygen atoms in total. The highest BCUT2D eigenvalue weighted by atomic mass is 79.9. The third-order valence-electron chi connectivity index (χ3n) is 2.51. The lowest BCUT2D eigenvalue weighted by molar-refractivity contribution is 0.594. The maximum Gasteiger partial charge on any atom is 0.114 e. The van der Waals surface area contributed by atoms with Crippen LogP contribution in [0.1, 0.15) is 30.0 Å². The zero-order chi connectivity index (χ0) is 12.1. The average molecular weight is 311 g/mol. The van der Waals surface area contributed by atoms with Gasteiger partial charge in [0.2, 0.25) is 0 Å². The molecule has 0 bridgehead atoms. The van der Waals surface area contributed by atoms with Gasteiger partial charge in [0.25, 0.3) is 0 Å². The SMILES string of the molecule is CCCNC(c1nccs1)c1ccccc1Br. The summed E-state index contributed by atoms with van der Waals surface area (Å²) in [4.78, 5) is 4.42. The fourth-order valence-electron chi connectivity index (χ4n) is 1.71. The van der Waals surface area contributed by atoms with Crippen LogP contribution in [0.5, 0.6) is 0 Å². The van der Waals surface area contributed by atoms with Gasteiger partial charge in [-0.25, -0.2) is 4.98 Å². The van der Waals surface area contributed by atoms with Crippen molar-refractivity contribution in [1.82, 2.24) is 10.3 Å². The second kappa shape index (κ2) is 6.28. The summed E-state index contributed by atoms with van der Waals surface area (Å²) in [5, 5.41) is 6.68. The Bertz CT molecular complexity index is 456. The summed E-state index contributed by atoms with van der Waals surface area (Å²) in [6, 6.07) is 8.49. The first-order chi connectivity index (χ1) is 8.33. The van der Waals surface area contributed by atoms with Crippen LogP contribution in [0.2, 0.25) is 0 Å². The molecule has 0 aliphatic heterocycles. The molecule has 4 heteroatoms. The summed E-state index contributed by atoms with van der Waals surface area (Å²) in [6.45, 7) is 3.16. The lowest BCUT2D eigenvalue weighted by atomic mass is 10.1. The second-order valence-corrected chi connectivity index (χ2v) is 5.56. The highest BCUT2D eigenvalue weighted by Crippen LogP contribution is 2.29. The third kappa shape index (κ3) is 3.15. The number of benzene rings is 1. The van der Waals surface area contributed by atoms with Crippen molar-refractivity contribution in [2.24, 2.45) is 0 Å². The first-order valence-corrected chi connectivity index (χ1v) is 7.37. The average Bonchev–Trinajstić information content (AvgIpc) is 2.85. The number of thiazole rings is 1. The number of hydrogen-bond donors (Lipinski definition) is 1. The Kier molecular flexibility index (Phi) is 4.71. The molecule has 90 valence electrons. The van der Waals surface area contributed by atoms with Crippen molar-refractivity contribution in [3.63, 3.8) is 0 Å². The van der Waals surface area contributed by atoms with Crippen LogP contribution in [0.15, 0.2) is 40.3 Å². The maximum absolute atomic E-state index is 4.42. The molecule has 1 aromatic heterocycles. The molecule has 0 saturated carbocycles. The topological polar surface area (TPSA) is 24.9 Å². The predicted octanol–water partition coefficient (Wildman–Crippen LogP) is 3.99. The van der Waals surface area contributed by atoms with E-state index in [9.17, 15) is 0 Å². The standard InChI is InChI=1S/C13H15BrN2S/c1-2-7-15-12(13-16-8-9-17-13)10-5-3-4-6-11(10)14/h3-6,8-9,12,15H,2,7H2,1H3. The minimum atomic E-state index is 0.186. The van der Waals surface area contributed by atoms with E-state index in [-0.39, 0.29) is 6.04 Å². The molecule has 17 heavy (non-hydrogen) atoms. The lowest BCUT2D eigenvalue weighted by Gasteiger charge is -2.17. The van der Waals surface area contributed by atoms with Gasteiger partial charge in [-0.1, -0.05) is 41.1 Å². The van der Waals surface area contributed by atoms with E-state index in [1.807, 2.05) is 17.6 Å². The van der Waals surface area contributed by atoms with E-state index in [0.717, 1.165) is 22.4 Å². The van der Waals surface area contributed by atoms with Crippen molar-refractivity contribution in [2.45, 2.75) is 19.4 Å². The number of rotatable bonds is 5. The number of nitrogens with zero attached hydrogens (tertiary/aromatic N) is 1. The fourth-order valence-corrected chi connectivity index (χ4v) is 2.95. The van der Waals surface area contributed by atoms with Gasteiger partial charge in [0.05, 0.1) is 6.04 Å². The molecule has 1 unspecified atom stereocenters. The van der Waals surface area contributed by atoms with E-state index in [0.29, 0.717) is 0 Å². The third-order valence-corrected chi connectivity index (χ3v) is 4.08. The second-order valence-electron chi connectivity index (χ2n) is 3.78. The molecule has 2 aromatic rings. The highest BCUT2D eigenvalue weighted by molar-refractivity contribution is 9.10. The first kappa shape index (κ1) is 12.7. The normalized spacial score (nSPS) is 12.6. The molecule has 1 aromatic carbocycles. The molecule has 0 aliphatic rings. The Morgan fingerprint density at radius 3 is 2.88 bits per heavy atom. The molecule has 0 amide bonds. The minimum absolute atomic E-state index is 0.186. The summed E-state index contributed by atoms with van der Waals surface area (Å²) in [5.41, 5.74) is 1.25. The summed E-state index contributed by atoms with van der Waals surface area (Å²) in [7, 11) is 0. The molecule has 2 rings (SSSR count). The Morgan fingerprint density at radius 2 is 2.24 bits per heavy atom. The van der Waals surface area contributed by atoms with Gasteiger partial charge in [-0.3, -0.25) is 0 Å². The van der Waals surface area contributed by atoms with Crippen LogP contribution >= 0.6 is 27.3 Å². The van der Waals surface area contributed by atoms with E-state index in [2.05, 4.69) is 51.4 Å². The number of aromatic nitrogens is 1. The van der Waals surface area contributed by atoms with Crippen LogP contribution in [0.3, 0.4) is 0 Å². The van der Waals surface area contributed by atoms with Gasteiger partial charge in [0.15, 0.2) is 0 Å². The van der Waals surface area contributed by atoms with Gasteiger partial charge >= 0.3 is 0 Å². The molecule has 1 atom stereocenters. The van der Waals surface area contributed by atoms with Crippen LogP contribution in [0, 0.1) is 0 Å². The van der Waals surface area contributed by atoms with Crippen LogP contribution in [-0.2, 0) is 0 Å². The van der Waals surface area contributed by atoms with E-state index in [1.54, 1.807) is 11.3 Å². The fraction of sp³-hybridized carbons (Fsp3) is 0.308. The Labute approximate surface area is 114 Å². The van der Waals surface area contributed by atoms with Gasteiger partial charge in [-0.15, -0.1) is 11.3 Å². The zero-order valence-corrected chi connectivity index (χ0v) is 12.1. The van der Waals surface area contributed by atoms with E-state index in [4.69, 9.17) is 0 Å². The van der Waals surface area contributed by atoms with Crippen LogP contribution < -0.4 is 5.32 Å². The molecule has 0 aliphatic carbocycles. The molecule has 1 N–H and O–H groups in total. The summed E-state index contributed by atoms with van der Waals surface area (Å²) in [5.74, 6) is 0. The van der Waals surface area contributed by atoms with E-state index in [1.165, 1.54) is 5.56 Å². The molecule has 0 spiro atoms. The smallest absolute Gasteiger partial charge is 0.114 e. The van der Waals surface area contributed by atoms with Gasteiger partial charge in [-0.2, -0.15) is 0 Å². The summed E-state index contributed by atoms with van der Waals surface area (Å²) in [6.07, 6.45) is 2.98. The zero-order valence-electron chi connectivity index (χ0n) is 9.69. The van der Waals surface area contributed by atoms with Crippen molar-refractivity contribution < 1.29 is 0 Å². The quantitative estimate of drug-likeness (QED) is 0.903. The van der Waals surface area contributed by atoms with Crippen LogP contribution in [-0.4, -0.2) is 11.5 Å². The van der Waals surface area contributed by atoms with Crippen molar-refractivity contribution in [3.8, 4) is 0 Å². The van der Waals surface area contributed by atoms with E-state index < -0.39 is 0 Å². The summed E-state index contributed by atoms with van der Waals surface area (Å²) < 4.78 is 1.13. The van der Waals surface area contributed by atoms with Crippen molar-refractivity contribution in [3.05, 3.63) is 50.9 Å². The van der Waals surface area contributed by atoms with Crippen molar-refractivity contribution in [1.29, 1.82) is 0 Å². The van der Waals surface area contributed by atoms with E-state index >= 15 is 0 Å². The molecule has 0 radical (unpaired) electrons.